The molecule has 2 heterocycles. The molecule has 2 N–H and O–H groups in total. The van der Waals surface area contributed by atoms with Crippen molar-refractivity contribution in [2.45, 2.75) is 25.7 Å². The largest absolute Gasteiger partial charge is 0.475 e. The second kappa shape index (κ2) is 4.91. The van der Waals surface area contributed by atoms with Gasteiger partial charge in [0.1, 0.15) is 10.7 Å². The van der Waals surface area contributed by atoms with Crippen molar-refractivity contribution in [3.8, 4) is 0 Å². The van der Waals surface area contributed by atoms with Gasteiger partial charge in [-0.2, -0.15) is 0 Å². The Balaban J connectivity index is 2.37. The van der Waals surface area contributed by atoms with Crippen molar-refractivity contribution in [2.75, 3.05) is 4.72 Å². The Morgan fingerprint density at radius 1 is 1.40 bits per heavy atom. The zero-order valence-electron chi connectivity index (χ0n) is 10.9. The molecule has 0 unspecified atom stereocenters. The van der Waals surface area contributed by atoms with Crippen LogP contribution in [-0.2, 0) is 10.0 Å². The molecule has 0 amide bonds. The molecule has 0 spiro atoms. The lowest BCUT2D eigenvalue weighted by Gasteiger charge is -2.02. The van der Waals surface area contributed by atoms with E-state index in [1.165, 1.54) is 18.3 Å². The molecule has 0 saturated carbocycles. The van der Waals surface area contributed by atoms with Gasteiger partial charge in [0, 0.05) is 10.9 Å². The predicted molar refractivity (Wildman–Crippen MR) is 72.8 cm³/mol. The first kappa shape index (κ1) is 14.5. The van der Waals surface area contributed by atoms with E-state index in [1.807, 2.05) is 6.92 Å². The van der Waals surface area contributed by atoms with Crippen molar-refractivity contribution in [3.05, 3.63) is 28.2 Å². The third kappa shape index (κ3) is 2.68. The smallest absolute Gasteiger partial charge is 0.371 e. The Bertz CT molecular complexity index is 753. The molecule has 2 aromatic heterocycles. The lowest BCUT2D eigenvalue weighted by atomic mass is 10.4. The molecule has 108 valence electrons. The summed E-state index contributed by atoms with van der Waals surface area (Å²) in [6.45, 7) is 4.99. The molecule has 0 aromatic carbocycles. The van der Waals surface area contributed by atoms with Crippen molar-refractivity contribution < 1.29 is 22.7 Å². The minimum absolute atomic E-state index is 0.0138. The number of carboxylic acids is 1. The molecule has 0 aliphatic carbocycles. The van der Waals surface area contributed by atoms with Gasteiger partial charge in [0.15, 0.2) is 5.13 Å². The van der Waals surface area contributed by atoms with E-state index in [0.717, 1.165) is 16.6 Å². The van der Waals surface area contributed by atoms with Gasteiger partial charge < -0.3 is 9.52 Å². The quantitative estimate of drug-likeness (QED) is 0.894. The molecule has 0 bridgehead atoms. The fourth-order valence-electron chi connectivity index (χ4n) is 1.52. The van der Waals surface area contributed by atoms with Crippen molar-refractivity contribution >= 4 is 32.5 Å². The van der Waals surface area contributed by atoms with Crippen molar-refractivity contribution in [3.63, 3.8) is 0 Å². The number of carbonyl (C=O) groups is 1. The van der Waals surface area contributed by atoms with Crippen LogP contribution < -0.4 is 4.72 Å². The molecule has 20 heavy (non-hydrogen) atoms. The first-order valence-electron chi connectivity index (χ1n) is 5.51. The number of hydrogen-bond acceptors (Lipinski definition) is 6. The number of nitrogens with zero attached hydrogens (tertiary/aromatic N) is 1. The number of rotatable bonds is 4. The number of anilines is 1. The van der Waals surface area contributed by atoms with E-state index in [1.54, 1.807) is 6.92 Å². The SMILES string of the molecule is Cc1nc(NS(=O)(=O)c2cc(C(=O)O)oc2C)sc1C. The van der Waals surface area contributed by atoms with Gasteiger partial charge in [0.25, 0.3) is 10.0 Å². The van der Waals surface area contributed by atoms with Gasteiger partial charge in [0.2, 0.25) is 5.76 Å². The third-order valence-corrected chi connectivity index (χ3v) is 5.19. The topological polar surface area (TPSA) is 110 Å². The zero-order valence-corrected chi connectivity index (χ0v) is 12.6. The Labute approximate surface area is 119 Å². The van der Waals surface area contributed by atoms with Gasteiger partial charge in [-0.3, -0.25) is 4.72 Å². The summed E-state index contributed by atoms with van der Waals surface area (Å²) in [5.74, 6) is -1.73. The van der Waals surface area contributed by atoms with Crippen LogP contribution in [0.15, 0.2) is 15.4 Å². The molecule has 0 aliphatic heterocycles. The standard InChI is InChI=1S/C11H12N2O5S2/c1-5-7(3)19-11(12-5)13-20(16,17)9-4-8(10(14)15)18-6(9)2/h4H,1-3H3,(H,12,13)(H,14,15). The maximum absolute atomic E-state index is 12.2. The fraction of sp³-hybridized carbons (Fsp3) is 0.273. The first-order chi connectivity index (χ1) is 9.20. The van der Waals surface area contributed by atoms with Crippen molar-refractivity contribution in [2.24, 2.45) is 0 Å². The highest BCUT2D eigenvalue weighted by Crippen LogP contribution is 2.26. The third-order valence-electron chi connectivity index (χ3n) is 2.62. The molecule has 0 atom stereocenters. The van der Waals surface area contributed by atoms with Gasteiger partial charge in [-0.1, -0.05) is 0 Å². The average Bonchev–Trinajstić information content (AvgIpc) is 2.83. The molecule has 0 saturated heterocycles. The summed E-state index contributed by atoms with van der Waals surface area (Å²) in [6.07, 6.45) is 0. The minimum Gasteiger partial charge on any atom is -0.475 e. The van der Waals surface area contributed by atoms with Gasteiger partial charge in [-0.15, -0.1) is 11.3 Å². The van der Waals surface area contributed by atoms with Crippen LogP contribution in [0.25, 0.3) is 0 Å². The van der Waals surface area contributed by atoms with E-state index in [9.17, 15) is 13.2 Å². The highest BCUT2D eigenvalue weighted by molar-refractivity contribution is 7.93. The minimum atomic E-state index is -3.92. The van der Waals surface area contributed by atoms with Crippen LogP contribution in [0, 0.1) is 20.8 Å². The Hall–Kier alpha value is -1.87. The molecule has 0 fully saturated rings. The van der Waals surface area contributed by atoms with E-state index in [4.69, 9.17) is 9.52 Å². The van der Waals surface area contributed by atoms with E-state index in [-0.39, 0.29) is 15.8 Å². The fourth-order valence-corrected chi connectivity index (χ4v) is 3.75. The van der Waals surface area contributed by atoms with Crippen molar-refractivity contribution in [1.82, 2.24) is 4.98 Å². The second-order valence-electron chi connectivity index (χ2n) is 4.10. The number of sulfonamides is 1. The summed E-state index contributed by atoms with van der Waals surface area (Å²) in [5.41, 5.74) is 0.739. The molecule has 2 rings (SSSR count). The molecule has 2 aromatic rings. The summed E-state index contributed by atoms with van der Waals surface area (Å²) in [5, 5.41) is 9.03. The highest BCUT2D eigenvalue weighted by atomic mass is 32.2. The number of aromatic carboxylic acids is 1. The molecule has 7 nitrogen and oxygen atoms in total. The second-order valence-corrected chi connectivity index (χ2v) is 6.96. The Morgan fingerprint density at radius 2 is 2.05 bits per heavy atom. The van der Waals surface area contributed by atoms with Crippen LogP contribution in [0.2, 0.25) is 0 Å². The van der Waals surface area contributed by atoms with Gasteiger partial charge in [-0.05, 0) is 20.8 Å². The average molecular weight is 316 g/mol. The first-order valence-corrected chi connectivity index (χ1v) is 7.81. The van der Waals surface area contributed by atoms with E-state index < -0.39 is 21.8 Å². The van der Waals surface area contributed by atoms with Gasteiger partial charge in [0.05, 0.1) is 5.69 Å². The molecule has 9 heteroatoms. The van der Waals surface area contributed by atoms with E-state index >= 15 is 0 Å². The highest BCUT2D eigenvalue weighted by Gasteiger charge is 2.25. The number of aryl methyl sites for hydroxylation is 3. The predicted octanol–water partition coefficient (Wildman–Crippen LogP) is 2.16. The summed E-state index contributed by atoms with van der Waals surface area (Å²) < 4.78 is 31.6. The van der Waals surface area contributed by atoms with Gasteiger partial charge in [-0.25, -0.2) is 18.2 Å². The van der Waals surface area contributed by atoms with Crippen LogP contribution in [-0.4, -0.2) is 24.5 Å². The lowest BCUT2D eigenvalue weighted by Crippen LogP contribution is -2.13. The Morgan fingerprint density at radius 3 is 2.50 bits per heavy atom. The number of carboxylic acid groups (broad SMARTS) is 1. The molecular formula is C11H12N2O5S2. The van der Waals surface area contributed by atoms with E-state index in [0.29, 0.717) is 0 Å². The van der Waals surface area contributed by atoms with Crippen LogP contribution in [0.1, 0.15) is 26.9 Å². The summed E-state index contributed by atoms with van der Waals surface area (Å²) >= 11 is 1.21. The number of thiazole rings is 1. The van der Waals surface area contributed by atoms with Gasteiger partial charge >= 0.3 is 5.97 Å². The number of hydrogen-bond donors (Lipinski definition) is 2. The van der Waals surface area contributed by atoms with Crippen LogP contribution in [0.4, 0.5) is 5.13 Å². The number of aromatic nitrogens is 1. The van der Waals surface area contributed by atoms with Crippen LogP contribution in [0.5, 0.6) is 0 Å². The zero-order chi connectivity index (χ0) is 15.1. The summed E-state index contributed by atoms with van der Waals surface area (Å²) in [4.78, 5) is 15.5. The van der Waals surface area contributed by atoms with Crippen LogP contribution >= 0.6 is 11.3 Å². The maximum Gasteiger partial charge on any atom is 0.371 e. The summed E-state index contributed by atoms with van der Waals surface area (Å²) in [7, 11) is -3.92. The Kier molecular flexibility index (Phi) is 3.57. The number of nitrogens with one attached hydrogen (secondary N) is 1. The maximum atomic E-state index is 12.2. The number of furan rings is 1. The molecular weight excluding hydrogens is 304 g/mol. The van der Waals surface area contributed by atoms with Crippen LogP contribution in [0.3, 0.4) is 0 Å². The lowest BCUT2D eigenvalue weighted by molar-refractivity contribution is 0.0661. The van der Waals surface area contributed by atoms with E-state index in [2.05, 4.69) is 9.71 Å². The monoisotopic (exact) mass is 316 g/mol. The summed E-state index contributed by atoms with van der Waals surface area (Å²) in [6, 6.07) is 0.979. The van der Waals surface area contributed by atoms with Crippen molar-refractivity contribution in [1.29, 1.82) is 0 Å². The molecule has 0 radical (unpaired) electrons. The molecule has 0 aliphatic rings. The normalized spacial score (nSPS) is 11.6.